The van der Waals surface area contributed by atoms with E-state index < -0.39 is 5.44 Å². The van der Waals surface area contributed by atoms with Gasteiger partial charge in [0.15, 0.2) is 0 Å². The quantitative estimate of drug-likeness (QED) is 0.242. The predicted molar refractivity (Wildman–Crippen MR) is 27.8 cm³/mol. The van der Waals surface area contributed by atoms with Crippen LogP contribution in [-0.4, -0.2) is 40.1 Å². The van der Waals surface area contributed by atoms with Crippen LogP contribution < -0.4 is 0 Å². The summed E-state index contributed by atoms with van der Waals surface area (Å²) >= 11 is 3.52. The SMILES string of the molecule is CC(O)S.[NaH]. The molecule has 0 aromatic rings. The van der Waals surface area contributed by atoms with Gasteiger partial charge in [0.25, 0.3) is 0 Å². The molecule has 0 saturated heterocycles. The summed E-state index contributed by atoms with van der Waals surface area (Å²) in [5.74, 6) is 0. The van der Waals surface area contributed by atoms with Crippen LogP contribution in [0.4, 0.5) is 0 Å². The maximum atomic E-state index is 7.92. The van der Waals surface area contributed by atoms with E-state index in [1.165, 1.54) is 0 Å². The first-order chi connectivity index (χ1) is 1.73. The van der Waals surface area contributed by atoms with E-state index in [0.717, 1.165) is 0 Å². The molecule has 1 atom stereocenters. The Hall–Kier alpha value is 1.31. The van der Waals surface area contributed by atoms with E-state index >= 15 is 0 Å². The van der Waals surface area contributed by atoms with Crippen molar-refractivity contribution in [1.82, 2.24) is 0 Å². The molecule has 0 aromatic heterocycles. The molecule has 1 N–H and O–H groups in total. The first kappa shape index (κ1) is 9.58. The van der Waals surface area contributed by atoms with Gasteiger partial charge in [0.05, 0.1) is 5.44 Å². The third-order valence-corrected chi connectivity index (χ3v) is 0. The molecule has 0 rings (SSSR count). The molecule has 0 fully saturated rings. The van der Waals surface area contributed by atoms with E-state index in [2.05, 4.69) is 12.6 Å². The summed E-state index contributed by atoms with van der Waals surface area (Å²) in [5.41, 5.74) is -0.472. The Kier molecular flexibility index (Phi) is 10.2. The van der Waals surface area contributed by atoms with Crippen molar-refractivity contribution in [2.45, 2.75) is 12.4 Å². The van der Waals surface area contributed by atoms with Gasteiger partial charge in [-0.3, -0.25) is 0 Å². The summed E-state index contributed by atoms with van der Waals surface area (Å²) in [4.78, 5) is 0. The molecule has 0 aliphatic carbocycles. The Labute approximate surface area is 59.5 Å². The van der Waals surface area contributed by atoms with Crippen molar-refractivity contribution in [3.05, 3.63) is 0 Å². The van der Waals surface area contributed by atoms with E-state index in [-0.39, 0.29) is 29.6 Å². The summed E-state index contributed by atoms with van der Waals surface area (Å²) < 4.78 is 0. The Bertz CT molecular complexity index is 14.4. The average molecular weight is 102 g/mol. The van der Waals surface area contributed by atoms with Crippen LogP contribution in [0.1, 0.15) is 6.92 Å². The van der Waals surface area contributed by atoms with E-state index in [9.17, 15) is 0 Å². The second-order valence-corrected chi connectivity index (χ2v) is 1.38. The van der Waals surface area contributed by atoms with Crippen molar-refractivity contribution < 1.29 is 5.11 Å². The fourth-order valence-electron chi connectivity index (χ4n) is 0. The predicted octanol–water partition coefficient (Wildman–Crippen LogP) is -0.394. The van der Waals surface area contributed by atoms with E-state index in [4.69, 9.17) is 5.11 Å². The molecule has 0 amide bonds. The zero-order valence-corrected chi connectivity index (χ0v) is 3.37. The molecular formula is C2H7NaOS. The van der Waals surface area contributed by atoms with Crippen molar-refractivity contribution in [2.24, 2.45) is 0 Å². The Morgan fingerprint density at radius 1 is 1.80 bits per heavy atom. The van der Waals surface area contributed by atoms with Crippen molar-refractivity contribution in [1.29, 1.82) is 0 Å². The summed E-state index contributed by atoms with van der Waals surface area (Å²) in [5, 5.41) is 7.92. The fraction of sp³-hybridized carbons (Fsp3) is 1.00. The normalized spacial score (nSPS) is 12.6. The van der Waals surface area contributed by atoms with Crippen LogP contribution in [0.15, 0.2) is 0 Å². The number of rotatable bonds is 0. The second kappa shape index (κ2) is 5.31. The third kappa shape index (κ3) is 33.9. The third-order valence-electron chi connectivity index (χ3n) is 0. The van der Waals surface area contributed by atoms with Gasteiger partial charge in [0, 0.05) is 0 Å². The molecule has 28 valence electrons. The number of aliphatic hydroxyl groups is 1. The van der Waals surface area contributed by atoms with E-state index in [1.54, 1.807) is 6.92 Å². The molecule has 3 heteroatoms. The van der Waals surface area contributed by atoms with Crippen LogP contribution in [-0.2, 0) is 0 Å². The van der Waals surface area contributed by atoms with Gasteiger partial charge in [0.1, 0.15) is 0 Å². The first-order valence-electron chi connectivity index (χ1n) is 1.09. The van der Waals surface area contributed by atoms with Crippen molar-refractivity contribution >= 4 is 42.2 Å². The van der Waals surface area contributed by atoms with Crippen LogP contribution in [0.5, 0.6) is 0 Å². The van der Waals surface area contributed by atoms with Gasteiger partial charge >= 0.3 is 29.6 Å². The average Bonchev–Trinajstić information content (AvgIpc) is 0.811. The topological polar surface area (TPSA) is 20.2 Å². The van der Waals surface area contributed by atoms with Gasteiger partial charge < -0.3 is 5.11 Å². The van der Waals surface area contributed by atoms with Crippen molar-refractivity contribution in [3.63, 3.8) is 0 Å². The molecule has 0 spiro atoms. The molecule has 1 unspecified atom stereocenters. The van der Waals surface area contributed by atoms with Crippen LogP contribution in [0.25, 0.3) is 0 Å². The number of hydrogen-bond donors (Lipinski definition) is 2. The number of thiol groups is 1. The van der Waals surface area contributed by atoms with Gasteiger partial charge in [-0.1, -0.05) is 0 Å². The summed E-state index contributed by atoms with van der Waals surface area (Å²) in [6.45, 7) is 1.59. The van der Waals surface area contributed by atoms with Crippen LogP contribution in [0.3, 0.4) is 0 Å². The zero-order chi connectivity index (χ0) is 3.58. The number of hydrogen-bond acceptors (Lipinski definition) is 2. The molecule has 5 heavy (non-hydrogen) atoms. The fourth-order valence-corrected chi connectivity index (χ4v) is 0. The maximum absolute atomic E-state index is 7.92. The molecule has 1 nitrogen and oxygen atoms in total. The zero-order valence-electron chi connectivity index (χ0n) is 2.47. The summed E-state index contributed by atoms with van der Waals surface area (Å²) in [6.07, 6.45) is 0. The Morgan fingerprint density at radius 2 is 1.80 bits per heavy atom. The Morgan fingerprint density at radius 3 is 1.80 bits per heavy atom. The minimum absolute atomic E-state index is 0. The summed E-state index contributed by atoms with van der Waals surface area (Å²) in [6, 6.07) is 0. The van der Waals surface area contributed by atoms with Crippen LogP contribution in [0, 0.1) is 0 Å². The molecule has 0 aliphatic heterocycles. The van der Waals surface area contributed by atoms with E-state index in [0.29, 0.717) is 0 Å². The number of aliphatic hydroxyl groups excluding tert-OH is 1. The van der Waals surface area contributed by atoms with Crippen molar-refractivity contribution in [2.75, 3.05) is 0 Å². The molecular weight excluding hydrogens is 95.1 g/mol. The van der Waals surface area contributed by atoms with Gasteiger partial charge in [-0.25, -0.2) is 0 Å². The molecule has 0 aliphatic rings. The first-order valence-corrected chi connectivity index (χ1v) is 1.61. The molecule has 0 heterocycles. The standard InChI is InChI=1S/C2H6OS.Na.H/c1-2(3)4;;/h2-4H,1H3;;. The molecule has 0 radical (unpaired) electrons. The van der Waals surface area contributed by atoms with Gasteiger partial charge in [-0.15, -0.1) is 12.6 Å². The van der Waals surface area contributed by atoms with E-state index in [1.807, 2.05) is 0 Å². The van der Waals surface area contributed by atoms with Gasteiger partial charge in [-0.2, -0.15) is 0 Å². The van der Waals surface area contributed by atoms with Crippen LogP contribution >= 0.6 is 12.6 Å². The Balaban J connectivity index is 0. The molecule has 0 aromatic carbocycles. The van der Waals surface area contributed by atoms with Crippen LogP contribution in [0.2, 0.25) is 0 Å². The second-order valence-electron chi connectivity index (χ2n) is 0.632. The molecule has 0 saturated carbocycles. The minimum atomic E-state index is -0.472. The summed E-state index contributed by atoms with van der Waals surface area (Å²) in [7, 11) is 0. The molecule has 0 bridgehead atoms. The van der Waals surface area contributed by atoms with Gasteiger partial charge in [-0.05, 0) is 6.92 Å². The van der Waals surface area contributed by atoms with Crippen molar-refractivity contribution in [3.8, 4) is 0 Å². The monoisotopic (exact) mass is 102 g/mol. The van der Waals surface area contributed by atoms with Gasteiger partial charge in [0.2, 0.25) is 0 Å².